The van der Waals surface area contributed by atoms with Crippen LogP contribution in [-0.4, -0.2) is 5.91 Å². The molecular weight excluding hydrogens is 181 g/mol. The highest BCUT2D eigenvalue weighted by Gasteiger charge is 1.94. The second kappa shape index (κ2) is 4.56. The average Bonchev–Trinajstić information content (AvgIpc) is 2.07. The molecule has 0 spiro atoms. The zero-order chi connectivity index (χ0) is 10.6. The third-order valence-corrected chi connectivity index (χ3v) is 1.63. The van der Waals surface area contributed by atoms with E-state index < -0.39 is 0 Å². The highest BCUT2D eigenvalue weighted by Crippen LogP contribution is 2.06. The monoisotopic (exact) mass is 193 g/mol. The minimum absolute atomic E-state index is 0.110. The normalized spacial score (nSPS) is 11.2. The quantitative estimate of drug-likeness (QED) is 0.767. The van der Waals surface area contributed by atoms with Gasteiger partial charge in [-0.15, -0.1) is 0 Å². The first-order chi connectivity index (χ1) is 6.58. The summed E-state index contributed by atoms with van der Waals surface area (Å²) >= 11 is 0. The zero-order valence-corrected chi connectivity index (χ0v) is 8.17. The van der Waals surface area contributed by atoms with Crippen LogP contribution in [0.15, 0.2) is 30.0 Å². The first kappa shape index (κ1) is 10.4. The van der Waals surface area contributed by atoms with Crippen molar-refractivity contribution in [1.82, 2.24) is 5.32 Å². The molecule has 1 aromatic carbocycles. The number of rotatable bonds is 2. The summed E-state index contributed by atoms with van der Waals surface area (Å²) in [5.41, 5.74) is 1.60. The summed E-state index contributed by atoms with van der Waals surface area (Å²) in [6, 6.07) is 6.07. The Morgan fingerprint density at radius 1 is 1.29 bits per heavy atom. The molecule has 0 aliphatic heterocycles. The SMILES string of the molecule is CC(=O)N/C(C)=C\c1ccc(F)cc1. The molecule has 0 fully saturated rings. The van der Waals surface area contributed by atoms with E-state index >= 15 is 0 Å². The largest absolute Gasteiger partial charge is 0.330 e. The lowest BCUT2D eigenvalue weighted by molar-refractivity contribution is -0.118. The molecule has 0 heterocycles. The second-order valence-electron chi connectivity index (χ2n) is 3.06. The summed E-state index contributed by atoms with van der Waals surface area (Å²) in [5, 5.41) is 2.63. The fourth-order valence-electron chi connectivity index (χ4n) is 1.12. The van der Waals surface area contributed by atoms with Gasteiger partial charge in [-0.05, 0) is 30.7 Å². The lowest BCUT2D eigenvalue weighted by Crippen LogP contribution is -2.16. The number of halogens is 1. The summed E-state index contributed by atoms with van der Waals surface area (Å²) in [5.74, 6) is -0.375. The molecule has 74 valence electrons. The summed E-state index contributed by atoms with van der Waals surface area (Å²) in [6.07, 6.45) is 1.78. The third kappa shape index (κ3) is 3.39. The molecule has 1 aromatic rings. The molecule has 2 nitrogen and oxygen atoms in total. The predicted octanol–water partition coefficient (Wildman–Crippen LogP) is 2.32. The molecular formula is C11H12FNO. The van der Waals surface area contributed by atoms with Crippen molar-refractivity contribution < 1.29 is 9.18 Å². The molecule has 14 heavy (non-hydrogen) atoms. The van der Waals surface area contributed by atoms with Crippen LogP contribution in [0, 0.1) is 5.82 Å². The first-order valence-electron chi connectivity index (χ1n) is 4.29. The number of hydrogen-bond acceptors (Lipinski definition) is 1. The van der Waals surface area contributed by atoms with Gasteiger partial charge in [-0.2, -0.15) is 0 Å². The standard InChI is InChI=1S/C11H12FNO/c1-8(13-9(2)14)7-10-3-5-11(12)6-4-10/h3-7H,1-2H3,(H,13,14)/b8-7-. The number of carbonyl (C=O) groups excluding carboxylic acids is 1. The van der Waals surface area contributed by atoms with Crippen molar-refractivity contribution in [2.45, 2.75) is 13.8 Å². The van der Waals surface area contributed by atoms with E-state index in [0.29, 0.717) is 0 Å². The number of benzene rings is 1. The van der Waals surface area contributed by atoms with Gasteiger partial charge in [0, 0.05) is 12.6 Å². The van der Waals surface area contributed by atoms with Gasteiger partial charge in [0.2, 0.25) is 5.91 Å². The van der Waals surface area contributed by atoms with E-state index in [1.54, 1.807) is 25.1 Å². The molecule has 1 rings (SSSR count). The van der Waals surface area contributed by atoms with Crippen LogP contribution in [0.25, 0.3) is 6.08 Å². The van der Waals surface area contributed by atoms with E-state index in [4.69, 9.17) is 0 Å². The van der Waals surface area contributed by atoms with Crippen LogP contribution in [0.4, 0.5) is 4.39 Å². The maximum Gasteiger partial charge on any atom is 0.220 e. The number of nitrogens with one attached hydrogen (secondary N) is 1. The smallest absolute Gasteiger partial charge is 0.220 e. The molecule has 0 radical (unpaired) electrons. The lowest BCUT2D eigenvalue weighted by atomic mass is 10.2. The molecule has 1 amide bonds. The van der Waals surface area contributed by atoms with Gasteiger partial charge in [0.25, 0.3) is 0 Å². The number of hydrogen-bond donors (Lipinski definition) is 1. The Balaban J connectivity index is 2.76. The molecule has 3 heteroatoms. The molecule has 0 unspecified atom stereocenters. The summed E-state index contributed by atoms with van der Waals surface area (Å²) < 4.78 is 12.5. The van der Waals surface area contributed by atoms with Crippen molar-refractivity contribution in [3.8, 4) is 0 Å². The van der Waals surface area contributed by atoms with Crippen LogP contribution >= 0.6 is 0 Å². The highest BCUT2D eigenvalue weighted by molar-refractivity contribution is 5.76. The predicted molar refractivity (Wildman–Crippen MR) is 53.9 cm³/mol. The van der Waals surface area contributed by atoms with Gasteiger partial charge < -0.3 is 5.32 Å². The molecule has 0 atom stereocenters. The Labute approximate surface area is 82.4 Å². The van der Waals surface area contributed by atoms with Gasteiger partial charge in [0.1, 0.15) is 5.82 Å². The average molecular weight is 193 g/mol. The van der Waals surface area contributed by atoms with E-state index in [2.05, 4.69) is 5.32 Å². The van der Waals surface area contributed by atoms with Crippen molar-refractivity contribution in [3.63, 3.8) is 0 Å². The van der Waals surface area contributed by atoms with Crippen molar-refractivity contribution in [2.75, 3.05) is 0 Å². The maximum absolute atomic E-state index is 12.5. The molecule has 0 saturated carbocycles. The Morgan fingerprint density at radius 2 is 1.86 bits per heavy atom. The van der Waals surface area contributed by atoms with Crippen LogP contribution < -0.4 is 5.32 Å². The zero-order valence-electron chi connectivity index (χ0n) is 8.17. The van der Waals surface area contributed by atoms with E-state index in [0.717, 1.165) is 11.3 Å². The lowest BCUT2D eigenvalue weighted by Gasteiger charge is -2.01. The Morgan fingerprint density at radius 3 is 2.36 bits per heavy atom. The van der Waals surface area contributed by atoms with Crippen LogP contribution in [0.1, 0.15) is 19.4 Å². The van der Waals surface area contributed by atoms with E-state index in [-0.39, 0.29) is 11.7 Å². The molecule has 0 bridgehead atoms. The fourth-order valence-corrected chi connectivity index (χ4v) is 1.12. The van der Waals surface area contributed by atoms with Gasteiger partial charge in [-0.25, -0.2) is 4.39 Å². The molecule has 0 aromatic heterocycles. The van der Waals surface area contributed by atoms with Crippen molar-refractivity contribution in [3.05, 3.63) is 41.3 Å². The molecule has 0 saturated heterocycles. The summed E-state index contributed by atoms with van der Waals surface area (Å²) in [7, 11) is 0. The second-order valence-corrected chi connectivity index (χ2v) is 3.06. The van der Waals surface area contributed by atoms with Crippen LogP contribution in [-0.2, 0) is 4.79 Å². The van der Waals surface area contributed by atoms with Crippen LogP contribution in [0.5, 0.6) is 0 Å². The Hall–Kier alpha value is -1.64. The molecule has 0 aliphatic rings. The van der Waals surface area contributed by atoms with Gasteiger partial charge in [-0.3, -0.25) is 4.79 Å². The number of allylic oxidation sites excluding steroid dienone is 1. The van der Waals surface area contributed by atoms with E-state index in [9.17, 15) is 9.18 Å². The Kier molecular flexibility index (Phi) is 3.40. The van der Waals surface area contributed by atoms with E-state index in [1.165, 1.54) is 19.1 Å². The van der Waals surface area contributed by atoms with Crippen molar-refractivity contribution in [1.29, 1.82) is 0 Å². The topological polar surface area (TPSA) is 29.1 Å². The van der Waals surface area contributed by atoms with Crippen LogP contribution in [0.3, 0.4) is 0 Å². The maximum atomic E-state index is 12.5. The third-order valence-electron chi connectivity index (χ3n) is 1.63. The molecule has 0 aliphatic carbocycles. The van der Waals surface area contributed by atoms with Gasteiger partial charge >= 0.3 is 0 Å². The highest BCUT2D eigenvalue weighted by atomic mass is 19.1. The minimum atomic E-state index is -0.265. The van der Waals surface area contributed by atoms with Crippen LogP contribution in [0.2, 0.25) is 0 Å². The van der Waals surface area contributed by atoms with E-state index in [1.807, 2.05) is 0 Å². The minimum Gasteiger partial charge on any atom is -0.330 e. The molecule has 1 N–H and O–H groups in total. The number of amides is 1. The summed E-state index contributed by atoms with van der Waals surface area (Å²) in [6.45, 7) is 3.23. The Bertz CT molecular complexity index is 354. The van der Waals surface area contributed by atoms with Crippen molar-refractivity contribution >= 4 is 12.0 Å². The summed E-state index contributed by atoms with van der Waals surface area (Å²) in [4.78, 5) is 10.7. The first-order valence-corrected chi connectivity index (χ1v) is 4.29. The van der Waals surface area contributed by atoms with Crippen molar-refractivity contribution in [2.24, 2.45) is 0 Å². The number of carbonyl (C=O) groups is 1. The fraction of sp³-hybridized carbons (Fsp3) is 0.182. The van der Waals surface area contributed by atoms with Gasteiger partial charge in [0.05, 0.1) is 0 Å². The van der Waals surface area contributed by atoms with Gasteiger partial charge in [0.15, 0.2) is 0 Å². The van der Waals surface area contributed by atoms with Gasteiger partial charge in [-0.1, -0.05) is 12.1 Å².